The van der Waals surface area contributed by atoms with Crippen molar-refractivity contribution in [3.8, 4) is 0 Å². The third kappa shape index (κ3) is 2.76. The van der Waals surface area contributed by atoms with Crippen LogP contribution in [0.3, 0.4) is 0 Å². The summed E-state index contributed by atoms with van der Waals surface area (Å²) in [7, 11) is 0. The normalized spacial score (nSPS) is 10.3. The first kappa shape index (κ1) is 13.1. The molecule has 0 aliphatic carbocycles. The molecule has 0 fully saturated rings. The maximum atomic E-state index is 12.2. The van der Waals surface area contributed by atoms with Gasteiger partial charge in [-0.2, -0.15) is 0 Å². The molecule has 0 unspecified atom stereocenters. The second-order valence-corrected chi connectivity index (χ2v) is 4.77. The van der Waals surface area contributed by atoms with Crippen molar-refractivity contribution in [3.63, 3.8) is 0 Å². The van der Waals surface area contributed by atoms with Gasteiger partial charge in [-0.25, -0.2) is 0 Å². The predicted octanol–water partition coefficient (Wildman–Crippen LogP) is 3.45. The highest BCUT2D eigenvalue weighted by Gasteiger charge is 2.10. The minimum atomic E-state index is -0.107. The third-order valence-electron chi connectivity index (χ3n) is 3.39. The number of nitrogens with one attached hydrogen (secondary N) is 1. The molecule has 0 saturated carbocycles. The van der Waals surface area contributed by atoms with E-state index < -0.39 is 0 Å². The van der Waals surface area contributed by atoms with Gasteiger partial charge in [0.2, 0.25) is 0 Å². The molecule has 0 saturated heterocycles. The number of aryl methyl sites for hydroxylation is 2. The van der Waals surface area contributed by atoms with E-state index in [1.54, 1.807) is 6.07 Å². The predicted molar refractivity (Wildman–Crippen MR) is 79.5 cm³/mol. The van der Waals surface area contributed by atoms with Gasteiger partial charge in [-0.05, 0) is 55.7 Å². The van der Waals surface area contributed by atoms with Crippen LogP contribution in [-0.2, 0) is 0 Å². The van der Waals surface area contributed by atoms with Gasteiger partial charge in [0.05, 0.1) is 0 Å². The summed E-state index contributed by atoms with van der Waals surface area (Å²) in [5.74, 6) is -0.107. The number of anilines is 2. The molecule has 98 valence electrons. The number of hydrogen-bond acceptors (Lipinski definition) is 2. The van der Waals surface area contributed by atoms with Gasteiger partial charge in [-0.1, -0.05) is 18.2 Å². The summed E-state index contributed by atoms with van der Waals surface area (Å²) in [6.45, 7) is 5.88. The SMILES string of the molecule is Cc1ccc(NC(=O)c2cccc(C)c2C)cc1N. The number of carbonyl (C=O) groups excluding carboxylic acids is 1. The standard InChI is InChI=1S/C16H18N2O/c1-10-5-4-6-14(12(10)3)16(19)18-13-8-7-11(2)15(17)9-13/h4-9H,17H2,1-3H3,(H,18,19). The van der Waals surface area contributed by atoms with E-state index in [9.17, 15) is 4.79 Å². The van der Waals surface area contributed by atoms with Crippen molar-refractivity contribution >= 4 is 17.3 Å². The molecule has 0 bridgehead atoms. The van der Waals surface area contributed by atoms with Crippen molar-refractivity contribution in [2.24, 2.45) is 0 Å². The number of nitrogens with two attached hydrogens (primary N) is 1. The van der Waals surface area contributed by atoms with E-state index in [1.807, 2.05) is 51.1 Å². The highest BCUT2D eigenvalue weighted by atomic mass is 16.1. The number of nitrogen functional groups attached to an aromatic ring is 1. The molecular formula is C16H18N2O. The van der Waals surface area contributed by atoms with Crippen LogP contribution < -0.4 is 11.1 Å². The topological polar surface area (TPSA) is 55.1 Å². The van der Waals surface area contributed by atoms with Crippen LogP contribution in [-0.4, -0.2) is 5.91 Å². The van der Waals surface area contributed by atoms with E-state index in [-0.39, 0.29) is 5.91 Å². The van der Waals surface area contributed by atoms with E-state index in [2.05, 4.69) is 5.32 Å². The van der Waals surface area contributed by atoms with Crippen molar-refractivity contribution in [2.75, 3.05) is 11.1 Å². The summed E-state index contributed by atoms with van der Waals surface area (Å²) in [5, 5.41) is 2.88. The molecule has 0 aliphatic rings. The number of amides is 1. The zero-order chi connectivity index (χ0) is 14.0. The average molecular weight is 254 g/mol. The van der Waals surface area contributed by atoms with Gasteiger partial charge >= 0.3 is 0 Å². The van der Waals surface area contributed by atoms with Gasteiger partial charge in [-0.3, -0.25) is 4.79 Å². The highest BCUT2D eigenvalue weighted by molar-refractivity contribution is 6.05. The molecule has 0 atom stereocenters. The molecular weight excluding hydrogens is 236 g/mol. The minimum absolute atomic E-state index is 0.107. The third-order valence-corrected chi connectivity index (χ3v) is 3.39. The second kappa shape index (κ2) is 5.14. The maximum Gasteiger partial charge on any atom is 0.255 e. The molecule has 0 aromatic heterocycles. The fraction of sp³-hybridized carbons (Fsp3) is 0.188. The molecule has 2 aromatic carbocycles. The highest BCUT2D eigenvalue weighted by Crippen LogP contribution is 2.19. The summed E-state index contributed by atoms with van der Waals surface area (Å²) in [6.07, 6.45) is 0. The van der Waals surface area contributed by atoms with Crippen molar-refractivity contribution in [3.05, 3.63) is 58.7 Å². The van der Waals surface area contributed by atoms with Gasteiger partial charge in [0.25, 0.3) is 5.91 Å². The molecule has 3 heteroatoms. The van der Waals surface area contributed by atoms with Crippen molar-refractivity contribution in [2.45, 2.75) is 20.8 Å². The first-order chi connectivity index (χ1) is 8.99. The Balaban J connectivity index is 2.26. The molecule has 0 heterocycles. The Labute approximate surface area is 113 Å². The van der Waals surface area contributed by atoms with Gasteiger partial charge < -0.3 is 11.1 Å². The van der Waals surface area contributed by atoms with Crippen LogP contribution in [0, 0.1) is 20.8 Å². The molecule has 1 amide bonds. The van der Waals surface area contributed by atoms with Gasteiger partial charge in [0.15, 0.2) is 0 Å². The van der Waals surface area contributed by atoms with Crippen LogP contribution in [0.1, 0.15) is 27.0 Å². The quantitative estimate of drug-likeness (QED) is 0.806. The Kier molecular flexibility index (Phi) is 3.56. The largest absolute Gasteiger partial charge is 0.398 e. The number of hydrogen-bond donors (Lipinski definition) is 2. The minimum Gasteiger partial charge on any atom is -0.398 e. The monoisotopic (exact) mass is 254 g/mol. The lowest BCUT2D eigenvalue weighted by molar-refractivity contribution is 0.102. The van der Waals surface area contributed by atoms with Crippen molar-refractivity contribution in [1.82, 2.24) is 0 Å². The number of benzene rings is 2. The van der Waals surface area contributed by atoms with Crippen LogP contribution in [0.25, 0.3) is 0 Å². The van der Waals surface area contributed by atoms with Gasteiger partial charge in [0.1, 0.15) is 0 Å². The molecule has 19 heavy (non-hydrogen) atoms. The smallest absolute Gasteiger partial charge is 0.255 e. The Hall–Kier alpha value is -2.29. The van der Waals surface area contributed by atoms with Gasteiger partial charge in [-0.15, -0.1) is 0 Å². The van der Waals surface area contributed by atoms with Crippen molar-refractivity contribution < 1.29 is 4.79 Å². The summed E-state index contributed by atoms with van der Waals surface area (Å²) < 4.78 is 0. The average Bonchev–Trinajstić information content (AvgIpc) is 2.37. The molecule has 2 rings (SSSR count). The molecule has 3 nitrogen and oxygen atoms in total. The van der Waals surface area contributed by atoms with E-state index in [0.717, 1.165) is 16.7 Å². The summed E-state index contributed by atoms with van der Waals surface area (Å²) in [4.78, 5) is 12.2. The molecule has 0 spiro atoms. The van der Waals surface area contributed by atoms with Crippen molar-refractivity contribution in [1.29, 1.82) is 0 Å². The fourth-order valence-electron chi connectivity index (χ4n) is 1.91. The van der Waals surface area contributed by atoms with Crippen LogP contribution in [0.4, 0.5) is 11.4 Å². The summed E-state index contributed by atoms with van der Waals surface area (Å²) in [5.41, 5.74) is 11.0. The van der Waals surface area contributed by atoms with E-state index >= 15 is 0 Å². The van der Waals surface area contributed by atoms with Crippen LogP contribution >= 0.6 is 0 Å². The lowest BCUT2D eigenvalue weighted by atomic mass is 10.0. The number of carbonyl (C=O) groups is 1. The Bertz CT molecular complexity index is 633. The van der Waals surface area contributed by atoms with Gasteiger partial charge in [0, 0.05) is 16.9 Å². The first-order valence-electron chi connectivity index (χ1n) is 6.22. The Morgan fingerprint density at radius 1 is 1.05 bits per heavy atom. The molecule has 0 aliphatic heterocycles. The number of rotatable bonds is 2. The zero-order valence-electron chi connectivity index (χ0n) is 11.4. The van der Waals surface area contributed by atoms with E-state index in [4.69, 9.17) is 5.73 Å². The second-order valence-electron chi connectivity index (χ2n) is 4.77. The first-order valence-corrected chi connectivity index (χ1v) is 6.22. The summed E-state index contributed by atoms with van der Waals surface area (Å²) >= 11 is 0. The maximum absolute atomic E-state index is 12.2. The Morgan fingerprint density at radius 2 is 1.79 bits per heavy atom. The summed E-state index contributed by atoms with van der Waals surface area (Å²) in [6, 6.07) is 11.2. The Morgan fingerprint density at radius 3 is 2.47 bits per heavy atom. The molecule has 0 radical (unpaired) electrons. The van der Waals surface area contributed by atoms with E-state index in [1.165, 1.54) is 0 Å². The van der Waals surface area contributed by atoms with Crippen LogP contribution in [0.2, 0.25) is 0 Å². The van der Waals surface area contributed by atoms with E-state index in [0.29, 0.717) is 16.9 Å². The fourth-order valence-corrected chi connectivity index (χ4v) is 1.91. The molecule has 2 aromatic rings. The molecule has 3 N–H and O–H groups in total. The lowest BCUT2D eigenvalue weighted by Gasteiger charge is -2.10. The van der Waals surface area contributed by atoms with Crippen LogP contribution in [0.15, 0.2) is 36.4 Å². The zero-order valence-corrected chi connectivity index (χ0v) is 11.4. The lowest BCUT2D eigenvalue weighted by Crippen LogP contribution is -2.14. The van der Waals surface area contributed by atoms with Crippen LogP contribution in [0.5, 0.6) is 0 Å².